The zero-order chi connectivity index (χ0) is 14.5. The first-order chi connectivity index (χ1) is 8.86. The number of allylic oxidation sites excluding steroid dienone is 1. The molecule has 20 heavy (non-hydrogen) atoms. The van der Waals surface area contributed by atoms with Crippen molar-refractivity contribution >= 4 is 12.4 Å². The van der Waals surface area contributed by atoms with Gasteiger partial charge in [0, 0.05) is 6.04 Å². The van der Waals surface area contributed by atoms with Crippen molar-refractivity contribution in [2.45, 2.75) is 31.4 Å². The predicted molar refractivity (Wildman–Crippen MR) is 71.6 cm³/mol. The quantitative estimate of drug-likeness (QED) is 0.601. The van der Waals surface area contributed by atoms with Crippen molar-refractivity contribution in [2.75, 3.05) is 0 Å². The second-order valence-electron chi connectivity index (χ2n) is 4.01. The number of halogens is 5. The standard InChI is InChI=1S/C13H15F4NO.ClH/c1-2-3-4-11(18)9-5-7-10(8-6-9)19-13(16,17)12(14)15;/h2,5-8,11-12H,1,3-4,18H2;1H/t11-;/m1./s1. The molecule has 0 unspecified atom stereocenters. The minimum absolute atomic E-state index is 0. The number of rotatable bonds is 7. The van der Waals surface area contributed by atoms with Crippen LogP contribution in [-0.4, -0.2) is 12.5 Å². The molecule has 2 N–H and O–H groups in total. The number of hydrogen-bond donors (Lipinski definition) is 1. The summed E-state index contributed by atoms with van der Waals surface area (Å²) in [6.45, 7) is 3.57. The third kappa shape index (κ3) is 5.38. The van der Waals surface area contributed by atoms with Crippen LogP contribution >= 0.6 is 12.4 Å². The summed E-state index contributed by atoms with van der Waals surface area (Å²) in [6, 6.07) is 5.08. The lowest BCUT2D eigenvalue weighted by atomic mass is 10.0. The topological polar surface area (TPSA) is 35.2 Å². The second-order valence-corrected chi connectivity index (χ2v) is 4.01. The summed E-state index contributed by atoms with van der Waals surface area (Å²) in [5, 5.41) is 0. The monoisotopic (exact) mass is 313 g/mol. The van der Waals surface area contributed by atoms with Gasteiger partial charge in [-0.3, -0.25) is 0 Å². The Bertz CT molecular complexity index is 411. The van der Waals surface area contributed by atoms with Crippen LogP contribution in [0, 0.1) is 0 Å². The third-order valence-corrected chi connectivity index (χ3v) is 2.50. The van der Waals surface area contributed by atoms with E-state index in [1.165, 1.54) is 24.3 Å². The van der Waals surface area contributed by atoms with Crippen molar-refractivity contribution in [3.8, 4) is 5.75 Å². The minimum atomic E-state index is -4.49. The van der Waals surface area contributed by atoms with Crippen LogP contribution in [0.1, 0.15) is 24.4 Å². The first-order valence-corrected chi connectivity index (χ1v) is 5.68. The van der Waals surface area contributed by atoms with Gasteiger partial charge < -0.3 is 10.5 Å². The van der Waals surface area contributed by atoms with E-state index in [1.807, 2.05) is 0 Å². The van der Waals surface area contributed by atoms with Gasteiger partial charge in [0.2, 0.25) is 0 Å². The second kappa shape index (κ2) is 8.11. The van der Waals surface area contributed by atoms with Gasteiger partial charge in [0.05, 0.1) is 0 Å². The van der Waals surface area contributed by atoms with E-state index >= 15 is 0 Å². The highest BCUT2D eigenvalue weighted by atomic mass is 35.5. The molecule has 0 saturated heterocycles. The summed E-state index contributed by atoms with van der Waals surface area (Å²) in [4.78, 5) is 0. The molecule has 1 atom stereocenters. The Labute approximate surface area is 121 Å². The molecule has 0 amide bonds. The van der Waals surface area contributed by atoms with Crippen LogP contribution in [0.4, 0.5) is 17.6 Å². The number of ether oxygens (including phenoxy) is 1. The molecule has 1 rings (SSSR count). The van der Waals surface area contributed by atoms with Gasteiger partial charge >= 0.3 is 12.5 Å². The Hall–Kier alpha value is -1.27. The smallest absolute Gasteiger partial charge is 0.428 e. The van der Waals surface area contributed by atoms with Gasteiger partial charge in [0.25, 0.3) is 0 Å². The molecule has 0 saturated carbocycles. The molecule has 114 valence electrons. The minimum Gasteiger partial charge on any atom is -0.428 e. The summed E-state index contributed by atoms with van der Waals surface area (Å²) in [7, 11) is 0. The number of nitrogens with two attached hydrogens (primary N) is 1. The van der Waals surface area contributed by atoms with Crippen LogP contribution in [0.5, 0.6) is 5.75 Å². The van der Waals surface area contributed by atoms with Gasteiger partial charge in [-0.2, -0.15) is 17.6 Å². The zero-order valence-corrected chi connectivity index (χ0v) is 11.4. The molecule has 0 radical (unpaired) electrons. The van der Waals surface area contributed by atoms with Crippen molar-refractivity contribution in [1.29, 1.82) is 0 Å². The predicted octanol–water partition coefficient (Wildman–Crippen LogP) is 4.31. The molecular weight excluding hydrogens is 298 g/mol. The summed E-state index contributed by atoms with van der Waals surface area (Å²) in [5.41, 5.74) is 6.57. The molecule has 0 aliphatic rings. The molecule has 7 heteroatoms. The average molecular weight is 314 g/mol. The number of benzene rings is 1. The molecule has 1 aromatic rings. The number of hydrogen-bond acceptors (Lipinski definition) is 2. The molecule has 0 spiro atoms. The lowest BCUT2D eigenvalue weighted by Gasteiger charge is -2.17. The maximum atomic E-state index is 12.6. The van der Waals surface area contributed by atoms with Crippen molar-refractivity contribution in [3.63, 3.8) is 0 Å². The summed E-state index contributed by atoms with van der Waals surface area (Å²) >= 11 is 0. The fraction of sp³-hybridized carbons (Fsp3) is 0.385. The highest BCUT2D eigenvalue weighted by molar-refractivity contribution is 5.85. The van der Waals surface area contributed by atoms with Crippen molar-refractivity contribution in [2.24, 2.45) is 5.73 Å². The summed E-state index contributed by atoms with van der Waals surface area (Å²) in [6.07, 6.45) is -5.26. The van der Waals surface area contributed by atoms with E-state index in [2.05, 4.69) is 11.3 Å². The summed E-state index contributed by atoms with van der Waals surface area (Å²) < 4.78 is 53.1. The first-order valence-electron chi connectivity index (χ1n) is 5.68. The van der Waals surface area contributed by atoms with Crippen LogP contribution in [0.3, 0.4) is 0 Å². The molecule has 0 bridgehead atoms. The van der Waals surface area contributed by atoms with Crippen LogP contribution in [-0.2, 0) is 0 Å². The van der Waals surface area contributed by atoms with Crippen LogP contribution in [0.25, 0.3) is 0 Å². The molecule has 0 aliphatic heterocycles. The number of alkyl halides is 4. The molecule has 1 aromatic carbocycles. The largest absolute Gasteiger partial charge is 0.461 e. The average Bonchev–Trinajstić information content (AvgIpc) is 2.36. The lowest BCUT2D eigenvalue weighted by Crippen LogP contribution is -2.33. The van der Waals surface area contributed by atoms with Gasteiger partial charge in [-0.25, -0.2) is 0 Å². The Kier molecular flexibility index (Phi) is 7.60. The molecule has 0 aromatic heterocycles. The molecule has 0 fully saturated rings. The molecule has 0 heterocycles. The Morgan fingerprint density at radius 2 is 1.80 bits per heavy atom. The van der Waals surface area contributed by atoms with E-state index in [4.69, 9.17) is 5.73 Å². The van der Waals surface area contributed by atoms with E-state index in [0.717, 1.165) is 12.0 Å². The highest BCUT2D eigenvalue weighted by Gasteiger charge is 2.43. The van der Waals surface area contributed by atoms with Crippen LogP contribution < -0.4 is 10.5 Å². The van der Waals surface area contributed by atoms with Gasteiger partial charge in [0.1, 0.15) is 5.75 Å². The molecule has 0 aliphatic carbocycles. The Balaban J connectivity index is 0.00000361. The van der Waals surface area contributed by atoms with E-state index in [-0.39, 0.29) is 24.2 Å². The van der Waals surface area contributed by atoms with Crippen LogP contribution in [0.2, 0.25) is 0 Å². The van der Waals surface area contributed by atoms with E-state index in [9.17, 15) is 17.6 Å². The SMILES string of the molecule is C=CCC[C@@H](N)c1ccc(OC(F)(F)C(F)F)cc1.Cl. The van der Waals surface area contributed by atoms with Crippen molar-refractivity contribution in [1.82, 2.24) is 0 Å². The third-order valence-electron chi connectivity index (χ3n) is 2.50. The van der Waals surface area contributed by atoms with E-state index in [1.54, 1.807) is 6.08 Å². The van der Waals surface area contributed by atoms with Gasteiger partial charge in [0.15, 0.2) is 0 Å². The van der Waals surface area contributed by atoms with Gasteiger partial charge in [-0.1, -0.05) is 18.2 Å². The summed E-state index contributed by atoms with van der Waals surface area (Å²) in [5.74, 6) is -0.329. The van der Waals surface area contributed by atoms with E-state index < -0.39 is 12.5 Å². The molecule has 2 nitrogen and oxygen atoms in total. The lowest BCUT2D eigenvalue weighted by molar-refractivity contribution is -0.253. The Morgan fingerprint density at radius 3 is 2.25 bits per heavy atom. The van der Waals surface area contributed by atoms with E-state index in [0.29, 0.717) is 6.42 Å². The maximum absolute atomic E-state index is 12.6. The fourth-order valence-electron chi connectivity index (χ4n) is 1.45. The van der Waals surface area contributed by atoms with Crippen LogP contribution in [0.15, 0.2) is 36.9 Å². The van der Waals surface area contributed by atoms with Gasteiger partial charge in [-0.05, 0) is 30.5 Å². The molecular formula is C13H16ClF4NO. The van der Waals surface area contributed by atoms with Gasteiger partial charge in [-0.15, -0.1) is 19.0 Å². The first kappa shape index (κ1) is 18.7. The highest BCUT2D eigenvalue weighted by Crippen LogP contribution is 2.28. The van der Waals surface area contributed by atoms with Crippen molar-refractivity contribution < 1.29 is 22.3 Å². The zero-order valence-electron chi connectivity index (χ0n) is 10.6. The maximum Gasteiger partial charge on any atom is 0.461 e. The normalized spacial score (nSPS) is 12.7. The fourth-order valence-corrected chi connectivity index (χ4v) is 1.45. The Morgan fingerprint density at radius 1 is 1.25 bits per heavy atom. The van der Waals surface area contributed by atoms with Crippen molar-refractivity contribution in [3.05, 3.63) is 42.5 Å².